The van der Waals surface area contributed by atoms with Gasteiger partial charge in [0.2, 0.25) is 5.13 Å². The maximum atomic E-state index is 13.3. The van der Waals surface area contributed by atoms with Crippen molar-refractivity contribution in [1.82, 2.24) is 10.2 Å². The van der Waals surface area contributed by atoms with Crippen molar-refractivity contribution in [2.45, 2.75) is 17.4 Å². The molecule has 0 radical (unpaired) electrons. The zero-order valence-electron chi connectivity index (χ0n) is 11.5. The lowest BCUT2D eigenvalue weighted by Gasteiger charge is -2.11. The molecule has 1 unspecified atom stereocenters. The van der Waals surface area contributed by atoms with Crippen molar-refractivity contribution in [1.29, 1.82) is 0 Å². The van der Waals surface area contributed by atoms with E-state index in [9.17, 15) is 9.50 Å². The van der Waals surface area contributed by atoms with Gasteiger partial charge in [-0.05, 0) is 19.1 Å². The lowest BCUT2D eigenvalue weighted by atomic mass is 10.3. The fourth-order valence-electron chi connectivity index (χ4n) is 1.45. The highest BCUT2D eigenvalue weighted by Crippen LogP contribution is 2.26. The molecule has 1 aromatic heterocycles. The monoisotopic (exact) mass is 329 g/mol. The molecular formula is C13H16FN3O2S2. The Bertz CT molecular complexity index is 568. The van der Waals surface area contributed by atoms with Gasteiger partial charge < -0.3 is 15.2 Å². The first-order valence-electron chi connectivity index (χ1n) is 6.44. The molecule has 1 heterocycles. The van der Waals surface area contributed by atoms with Crippen LogP contribution in [0.5, 0.6) is 5.75 Å². The smallest absolute Gasteiger partial charge is 0.206 e. The normalized spacial score (nSPS) is 12.1. The molecule has 0 bridgehead atoms. The SMILES string of the molecule is CCNc1nnc(SCC(O)COc2ccccc2F)s1. The number of hydrogen-bond acceptors (Lipinski definition) is 7. The Labute approximate surface area is 130 Å². The molecule has 0 fully saturated rings. The second-order valence-corrected chi connectivity index (χ2v) is 6.35. The van der Waals surface area contributed by atoms with E-state index in [2.05, 4.69) is 15.5 Å². The number of nitrogens with zero attached hydrogens (tertiary/aromatic N) is 2. The fourth-order valence-corrected chi connectivity index (χ4v) is 3.21. The van der Waals surface area contributed by atoms with Crippen molar-refractivity contribution < 1.29 is 14.2 Å². The van der Waals surface area contributed by atoms with E-state index >= 15 is 0 Å². The molecule has 114 valence electrons. The van der Waals surface area contributed by atoms with Crippen molar-refractivity contribution in [3.63, 3.8) is 0 Å². The highest BCUT2D eigenvalue weighted by molar-refractivity contribution is 8.01. The van der Waals surface area contributed by atoms with Crippen LogP contribution in [-0.4, -0.2) is 40.3 Å². The Hall–Kier alpha value is -1.38. The molecule has 0 aliphatic rings. The van der Waals surface area contributed by atoms with Gasteiger partial charge in [0.15, 0.2) is 15.9 Å². The van der Waals surface area contributed by atoms with Gasteiger partial charge in [-0.15, -0.1) is 10.2 Å². The van der Waals surface area contributed by atoms with Crippen LogP contribution in [-0.2, 0) is 0 Å². The Morgan fingerprint density at radius 1 is 1.43 bits per heavy atom. The fraction of sp³-hybridized carbons (Fsp3) is 0.385. The maximum absolute atomic E-state index is 13.3. The summed E-state index contributed by atoms with van der Waals surface area (Å²) in [4.78, 5) is 0. The van der Waals surface area contributed by atoms with Crippen LogP contribution in [0.25, 0.3) is 0 Å². The molecule has 0 amide bonds. The minimum absolute atomic E-state index is 0.0345. The van der Waals surface area contributed by atoms with Crippen molar-refractivity contribution in [2.24, 2.45) is 0 Å². The highest BCUT2D eigenvalue weighted by Gasteiger charge is 2.11. The van der Waals surface area contributed by atoms with Crippen LogP contribution >= 0.6 is 23.1 Å². The van der Waals surface area contributed by atoms with Gasteiger partial charge in [-0.3, -0.25) is 0 Å². The number of anilines is 1. The first kappa shape index (κ1) is 16.0. The average Bonchev–Trinajstić information content (AvgIpc) is 2.92. The molecule has 2 aromatic rings. The zero-order valence-corrected chi connectivity index (χ0v) is 13.1. The van der Waals surface area contributed by atoms with Crippen LogP contribution in [0.2, 0.25) is 0 Å². The summed E-state index contributed by atoms with van der Waals surface area (Å²) in [5, 5.41) is 21.6. The molecule has 5 nitrogen and oxygen atoms in total. The maximum Gasteiger partial charge on any atom is 0.206 e. The second kappa shape index (κ2) is 8.16. The van der Waals surface area contributed by atoms with Crippen LogP contribution in [0.4, 0.5) is 9.52 Å². The molecular weight excluding hydrogens is 313 g/mol. The quantitative estimate of drug-likeness (QED) is 0.726. The third-order valence-corrected chi connectivity index (χ3v) is 4.56. The topological polar surface area (TPSA) is 67.3 Å². The number of para-hydroxylation sites is 1. The Balaban J connectivity index is 1.74. The van der Waals surface area contributed by atoms with Crippen LogP contribution in [0.1, 0.15) is 6.92 Å². The molecule has 1 aromatic carbocycles. The van der Waals surface area contributed by atoms with Crippen LogP contribution < -0.4 is 10.1 Å². The van der Waals surface area contributed by atoms with Crippen LogP contribution in [0.3, 0.4) is 0 Å². The number of thioether (sulfide) groups is 1. The molecule has 0 saturated heterocycles. The number of rotatable bonds is 8. The molecule has 8 heteroatoms. The summed E-state index contributed by atoms with van der Waals surface area (Å²) in [5.41, 5.74) is 0. The van der Waals surface area contributed by atoms with Crippen molar-refractivity contribution in [3.8, 4) is 5.75 Å². The number of hydrogen-bond donors (Lipinski definition) is 2. The number of halogens is 1. The number of aliphatic hydroxyl groups is 1. The van der Waals surface area contributed by atoms with E-state index in [0.29, 0.717) is 5.75 Å². The summed E-state index contributed by atoms with van der Waals surface area (Å²) >= 11 is 2.83. The van der Waals surface area contributed by atoms with Gasteiger partial charge in [-0.1, -0.05) is 35.2 Å². The lowest BCUT2D eigenvalue weighted by Crippen LogP contribution is -2.20. The number of nitrogens with one attached hydrogen (secondary N) is 1. The van der Waals surface area contributed by atoms with E-state index in [4.69, 9.17) is 4.74 Å². The first-order chi connectivity index (χ1) is 10.2. The van der Waals surface area contributed by atoms with Gasteiger partial charge in [0.05, 0.1) is 6.10 Å². The number of ether oxygens (including phenoxy) is 1. The molecule has 0 saturated carbocycles. The van der Waals surface area contributed by atoms with Crippen molar-refractivity contribution in [2.75, 3.05) is 24.2 Å². The Morgan fingerprint density at radius 3 is 3.00 bits per heavy atom. The molecule has 0 spiro atoms. The Morgan fingerprint density at radius 2 is 2.24 bits per heavy atom. The molecule has 0 aliphatic heterocycles. The van der Waals surface area contributed by atoms with Gasteiger partial charge in [0.25, 0.3) is 0 Å². The van der Waals surface area contributed by atoms with Gasteiger partial charge in [0, 0.05) is 12.3 Å². The molecule has 21 heavy (non-hydrogen) atoms. The minimum Gasteiger partial charge on any atom is -0.488 e. The summed E-state index contributed by atoms with van der Waals surface area (Å²) < 4.78 is 19.4. The summed E-state index contributed by atoms with van der Waals surface area (Å²) in [7, 11) is 0. The van der Waals surface area contributed by atoms with Gasteiger partial charge in [-0.2, -0.15) is 0 Å². The summed E-state index contributed by atoms with van der Waals surface area (Å²) in [6.45, 7) is 2.81. The van der Waals surface area contributed by atoms with E-state index in [1.807, 2.05) is 6.92 Å². The Kier molecular flexibility index (Phi) is 6.21. The first-order valence-corrected chi connectivity index (χ1v) is 8.24. The van der Waals surface area contributed by atoms with Gasteiger partial charge in [0.1, 0.15) is 6.61 Å². The minimum atomic E-state index is -0.707. The van der Waals surface area contributed by atoms with Gasteiger partial charge in [-0.25, -0.2) is 4.39 Å². The van der Waals surface area contributed by atoms with E-state index in [1.165, 1.54) is 35.2 Å². The molecule has 2 rings (SSSR count). The predicted octanol–water partition coefficient (Wildman–Crippen LogP) is 2.64. The number of aliphatic hydroxyl groups excluding tert-OH is 1. The summed E-state index contributed by atoms with van der Waals surface area (Å²) in [6.07, 6.45) is -0.707. The zero-order chi connectivity index (χ0) is 15.1. The highest BCUT2D eigenvalue weighted by atomic mass is 32.2. The summed E-state index contributed by atoms with van der Waals surface area (Å²) in [5.74, 6) is 0.124. The second-order valence-electron chi connectivity index (χ2n) is 4.11. The predicted molar refractivity (Wildman–Crippen MR) is 82.7 cm³/mol. The van der Waals surface area contributed by atoms with Crippen molar-refractivity contribution in [3.05, 3.63) is 30.1 Å². The number of benzene rings is 1. The number of aromatic nitrogens is 2. The molecule has 2 N–H and O–H groups in total. The van der Waals surface area contributed by atoms with E-state index in [-0.39, 0.29) is 12.4 Å². The van der Waals surface area contributed by atoms with Gasteiger partial charge >= 0.3 is 0 Å². The standard InChI is InChI=1S/C13H16FN3O2S2/c1-2-15-12-16-17-13(21-12)20-8-9(18)7-19-11-6-4-3-5-10(11)14/h3-6,9,18H,2,7-8H2,1H3,(H,15,16). The largest absolute Gasteiger partial charge is 0.488 e. The third-order valence-electron chi connectivity index (χ3n) is 2.40. The lowest BCUT2D eigenvalue weighted by molar-refractivity contribution is 0.123. The van der Waals surface area contributed by atoms with E-state index < -0.39 is 11.9 Å². The average molecular weight is 329 g/mol. The van der Waals surface area contributed by atoms with Crippen molar-refractivity contribution >= 4 is 28.2 Å². The molecule has 0 aliphatic carbocycles. The third kappa shape index (κ3) is 5.14. The van der Waals surface area contributed by atoms with E-state index in [1.54, 1.807) is 12.1 Å². The van der Waals surface area contributed by atoms with Crippen LogP contribution in [0, 0.1) is 5.82 Å². The van der Waals surface area contributed by atoms with E-state index in [0.717, 1.165) is 16.0 Å². The summed E-state index contributed by atoms with van der Waals surface area (Å²) in [6, 6.07) is 6.12. The molecule has 1 atom stereocenters. The van der Waals surface area contributed by atoms with Crippen LogP contribution in [0.15, 0.2) is 28.6 Å².